The van der Waals surface area contributed by atoms with Crippen LogP contribution in [0, 0.1) is 12.7 Å². The Morgan fingerprint density at radius 1 is 1.57 bits per heavy atom. The molecule has 0 heterocycles. The number of aryl methyl sites for hydroxylation is 1. The van der Waals surface area contributed by atoms with Gasteiger partial charge in [0.2, 0.25) is 0 Å². The summed E-state index contributed by atoms with van der Waals surface area (Å²) in [5, 5.41) is 0. The Balaban J connectivity index is 2.68. The van der Waals surface area contributed by atoms with E-state index < -0.39 is 0 Å². The van der Waals surface area contributed by atoms with Crippen molar-refractivity contribution in [2.45, 2.75) is 6.92 Å². The first-order chi connectivity index (χ1) is 6.65. The maximum absolute atomic E-state index is 13.4. The first-order valence-corrected chi connectivity index (χ1v) is 4.79. The van der Waals surface area contributed by atoms with Crippen LogP contribution < -0.4 is 4.74 Å². The highest BCUT2D eigenvalue weighted by Gasteiger charge is 2.05. The minimum atomic E-state index is -0.324. The molecule has 0 aromatic heterocycles. The molecular formula is C11H12ClFO. The van der Waals surface area contributed by atoms with Gasteiger partial charge in [0.15, 0.2) is 11.6 Å². The molecule has 0 bridgehead atoms. The number of halogens is 2. The molecule has 0 N–H and O–H groups in total. The van der Waals surface area contributed by atoms with Crippen molar-refractivity contribution < 1.29 is 9.13 Å². The fraction of sp³-hybridized carbons (Fsp3) is 0.273. The summed E-state index contributed by atoms with van der Waals surface area (Å²) in [4.78, 5) is 0. The highest BCUT2D eigenvalue weighted by Crippen LogP contribution is 2.19. The molecule has 1 aromatic rings. The molecule has 0 aliphatic rings. The number of hydrogen-bond acceptors (Lipinski definition) is 1. The number of rotatable bonds is 4. The lowest BCUT2D eigenvalue weighted by molar-refractivity contribution is 0.332. The van der Waals surface area contributed by atoms with E-state index in [9.17, 15) is 4.39 Å². The van der Waals surface area contributed by atoms with Crippen molar-refractivity contribution in [2.75, 3.05) is 12.5 Å². The maximum Gasteiger partial charge on any atom is 0.167 e. The monoisotopic (exact) mass is 214 g/mol. The van der Waals surface area contributed by atoms with E-state index in [1.807, 2.05) is 0 Å². The van der Waals surface area contributed by atoms with Gasteiger partial charge in [-0.1, -0.05) is 18.7 Å². The second-order valence-corrected chi connectivity index (χ2v) is 3.33. The third-order valence-corrected chi connectivity index (χ3v) is 2.16. The van der Waals surface area contributed by atoms with Crippen molar-refractivity contribution in [1.82, 2.24) is 0 Å². The zero-order valence-corrected chi connectivity index (χ0v) is 8.77. The Kier molecular flexibility index (Phi) is 3.96. The van der Waals surface area contributed by atoms with Crippen LogP contribution in [0.2, 0.25) is 0 Å². The maximum atomic E-state index is 13.4. The minimum Gasteiger partial charge on any atom is -0.486 e. The summed E-state index contributed by atoms with van der Waals surface area (Å²) >= 11 is 5.52. The Morgan fingerprint density at radius 3 is 2.93 bits per heavy atom. The molecule has 0 unspecified atom stereocenters. The van der Waals surface area contributed by atoms with Crippen LogP contribution >= 0.6 is 11.6 Å². The van der Waals surface area contributed by atoms with Gasteiger partial charge in [-0.3, -0.25) is 0 Å². The van der Waals surface area contributed by atoms with Crippen molar-refractivity contribution in [1.29, 1.82) is 0 Å². The van der Waals surface area contributed by atoms with Crippen molar-refractivity contribution >= 4 is 11.6 Å². The summed E-state index contributed by atoms with van der Waals surface area (Å²) in [5.41, 5.74) is 1.30. The van der Waals surface area contributed by atoms with Gasteiger partial charge in [-0.05, 0) is 24.1 Å². The van der Waals surface area contributed by atoms with E-state index >= 15 is 0 Å². The number of alkyl halides is 1. The van der Waals surface area contributed by atoms with Gasteiger partial charge in [-0.15, -0.1) is 11.6 Å². The van der Waals surface area contributed by atoms with E-state index in [0.29, 0.717) is 11.4 Å². The summed E-state index contributed by atoms with van der Waals surface area (Å²) in [6.45, 7) is 5.61. The Bertz CT molecular complexity index is 336. The number of benzene rings is 1. The van der Waals surface area contributed by atoms with Crippen LogP contribution in [0.3, 0.4) is 0 Å². The van der Waals surface area contributed by atoms with Crippen LogP contribution in [0.5, 0.6) is 5.75 Å². The molecule has 1 rings (SSSR count). The zero-order valence-electron chi connectivity index (χ0n) is 8.02. The van der Waals surface area contributed by atoms with Crippen LogP contribution in [0.4, 0.5) is 4.39 Å². The summed E-state index contributed by atoms with van der Waals surface area (Å²) in [6.07, 6.45) is 0. The largest absolute Gasteiger partial charge is 0.486 e. The van der Waals surface area contributed by atoms with Crippen molar-refractivity contribution in [3.63, 3.8) is 0 Å². The smallest absolute Gasteiger partial charge is 0.167 e. The highest BCUT2D eigenvalue weighted by molar-refractivity contribution is 6.19. The summed E-state index contributed by atoms with van der Waals surface area (Å²) < 4.78 is 18.6. The molecule has 0 atom stereocenters. The molecule has 0 fully saturated rings. The van der Waals surface area contributed by atoms with E-state index in [1.165, 1.54) is 0 Å². The molecule has 0 saturated heterocycles. The van der Waals surface area contributed by atoms with Crippen LogP contribution in [-0.2, 0) is 0 Å². The summed E-state index contributed by atoms with van der Waals surface area (Å²) in [6, 6.07) is 5.03. The molecule has 3 heteroatoms. The van der Waals surface area contributed by atoms with Crippen molar-refractivity contribution in [3.05, 3.63) is 41.7 Å². The van der Waals surface area contributed by atoms with Crippen LogP contribution in [0.15, 0.2) is 30.4 Å². The van der Waals surface area contributed by atoms with Gasteiger partial charge < -0.3 is 4.74 Å². The first kappa shape index (κ1) is 11.1. The third-order valence-electron chi connectivity index (χ3n) is 1.78. The minimum absolute atomic E-state index is 0.247. The summed E-state index contributed by atoms with van der Waals surface area (Å²) in [5.74, 6) is 0.249. The van der Waals surface area contributed by atoms with Gasteiger partial charge in [0.25, 0.3) is 0 Å². The van der Waals surface area contributed by atoms with Crippen molar-refractivity contribution in [3.8, 4) is 5.75 Å². The van der Waals surface area contributed by atoms with Crippen molar-refractivity contribution in [2.24, 2.45) is 0 Å². The number of ether oxygens (including phenoxy) is 1. The van der Waals surface area contributed by atoms with E-state index in [2.05, 4.69) is 6.58 Å². The lowest BCUT2D eigenvalue weighted by atomic mass is 10.2. The molecule has 76 valence electrons. The Labute approximate surface area is 88.1 Å². The fourth-order valence-electron chi connectivity index (χ4n) is 0.950. The molecule has 0 saturated carbocycles. The molecule has 0 amide bonds. The van der Waals surface area contributed by atoms with Gasteiger partial charge >= 0.3 is 0 Å². The average molecular weight is 215 g/mol. The van der Waals surface area contributed by atoms with E-state index in [1.54, 1.807) is 25.1 Å². The number of hydrogen-bond donors (Lipinski definition) is 0. The second-order valence-electron chi connectivity index (χ2n) is 3.06. The molecule has 0 aliphatic carbocycles. The van der Waals surface area contributed by atoms with E-state index in [4.69, 9.17) is 16.3 Å². The van der Waals surface area contributed by atoms with E-state index in [0.717, 1.165) is 5.57 Å². The summed E-state index contributed by atoms with van der Waals surface area (Å²) in [7, 11) is 0. The highest BCUT2D eigenvalue weighted by atomic mass is 35.5. The van der Waals surface area contributed by atoms with E-state index in [-0.39, 0.29) is 18.2 Å². The van der Waals surface area contributed by atoms with Gasteiger partial charge in [-0.25, -0.2) is 4.39 Å². The molecule has 0 spiro atoms. The lowest BCUT2D eigenvalue weighted by Crippen LogP contribution is -2.03. The van der Waals surface area contributed by atoms with Crippen LogP contribution in [-0.4, -0.2) is 12.5 Å². The topological polar surface area (TPSA) is 9.23 Å². The normalized spacial score (nSPS) is 9.93. The van der Waals surface area contributed by atoms with Gasteiger partial charge in [-0.2, -0.15) is 0 Å². The first-order valence-electron chi connectivity index (χ1n) is 4.25. The van der Waals surface area contributed by atoms with Gasteiger partial charge in [0.05, 0.1) is 0 Å². The molecule has 1 nitrogen and oxygen atoms in total. The fourth-order valence-corrected chi connectivity index (χ4v) is 1.03. The molecule has 0 aliphatic heterocycles. The second kappa shape index (κ2) is 5.01. The standard InChI is InChI=1S/C11H12ClFO/c1-8(6-12)7-14-10-5-3-4-9(2)11(10)13/h3-5H,1,6-7H2,2H3. The predicted molar refractivity (Wildman–Crippen MR) is 56.5 cm³/mol. The van der Waals surface area contributed by atoms with Gasteiger partial charge in [0, 0.05) is 5.88 Å². The average Bonchev–Trinajstić information content (AvgIpc) is 2.20. The SMILES string of the molecule is C=C(CCl)COc1cccc(C)c1F. The third kappa shape index (κ3) is 2.74. The molecule has 0 radical (unpaired) electrons. The lowest BCUT2D eigenvalue weighted by Gasteiger charge is -2.08. The zero-order chi connectivity index (χ0) is 10.6. The molecular weight excluding hydrogens is 203 g/mol. The van der Waals surface area contributed by atoms with Gasteiger partial charge in [0.1, 0.15) is 6.61 Å². The van der Waals surface area contributed by atoms with Crippen LogP contribution in [0.1, 0.15) is 5.56 Å². The molecule has 14 heavy (non-hydrogen) atoms. The molecule has 1 aromatic carbocycles. The predicted octanol–water partition coefficient (Wildman–Crippen LogP) is 3.31. The Morgan fingerprint density at radius 2 is 2.29 bits per heavy atom. The van der Waals surface area contributed by atoms with Crippen LogP contribution in [0.25, 0.3) is 0 Å². The Hall–Kier alpha value is -1.02. The quantitative estimate of drug-likeness (QED) is 0.552.